The Kier molecular flexibility index (Phi) is 16.4. The first-order valence-electron chi connectivity index (χ1n) is 48.5. The number of furan rings is 2. The maximum absolute atomic E-state index is 6.82. The van der Waals surface area contributed by atoms with Crippen molar-refractivity contribution in [2.45, 2.75) is 0 Å². The lowest BCUT2D eigenvalue weighted by Gasteiger charge is -2.11. The number of thiophene rings is 1. The molecule has 0 spiro atoms. The zero-order valence-electron chi connectivity index (χ0n) is 76.5. The molecule has 33 aromatic rings. The molecule has 0 radical (unpaired) electrons. The molecule has 9 aromatic heterocycles. The number of rotatable bonds is 9. The molecule has 0 amide bonds. The second-order valence-corrected chi connectivity index (χ2v) is 38.6. The van der Waals surface area contributed by atoms with E-state index in [0.29, 0.717) is 52.8 Å². The van der Waals surface area contributed by atoms with Crippen LogP contribution in [0.3, 0.4) is 0 Å². The Hall–Kier alpha value is -19.4. The van der Waals surface area contributed by atoms with E-state index in [1.807, 2.05) is 145 Å². The lowest BCUT2D eigenvalue weighted by Crippen LogP contribution is -2.06. The van der Waals surface area contributed by atoms with Crippen LogP contribution in [0.5, 0.6) is 0 Å². The summed E-state index contributed by atoms with van der Waals surface area (Å²) in [5, 5.41) is 36.4. The number of fused-ring (bicyclic) bond motifs is 12. The van der Waals surface area contributed by atoms with E-state index in [4.69, 9.17) is 53.7 Å². The predicted molar refractivity (Wildman–Crippen MR) is 593 cm³/mol. The Labute approximate surface area is 821 Å². The van der Waals surface area contributed by atoms with Gasteiger partial charge in [-0.25, -0.2) is 15.0 Å². The molecule has 664 valence electrons. The SMILES string of the molecule is c1ccc(-c2nc(-c3ccccc3)nc(-n3c4cccc5c6cccc7c6c6c8c-7cccc8cc7oc8ccc3c(c8c76)c54)n2)cc1.c1ccc(-c2nc(-c3ccccc3)nc(-n3c4cccc5c6ccccc6c6cc7ccccc7c7oc8ccc3c(c8c67)c54)n2)cc1.c1ccc(-c2nc(-c3ccccc3)nc(-n3c4cccc5c6ccccc6c6cc7ccccc7c7sc8ccc3c(c8c67)c54)n2)cc1. The van der Waals surface area contributed by atoms with E-state index in [-0.39, 0.29) is 0 Å². The molecule has 15 heteroatoms. The van der Waals surface area contributed by atoms with Gasteiger partial charge in [0.15, 0.2) is 34.9 Å². The van der Waals surface area contributed by atoms with Crippen LogP contribution < -0.4 is 0 Å². The van der Waals surface area contributed by atoms with Gasteiger partial charge in [-0.3, -0.25) is 13.7 Å². The van der Waals surface area contributed by atoms with Crippen LogP contribution in [0.25, 0.3) is 324 Å². The van der Waals surface area contributed by atoms with Gasteiger partial charge in [0.2, 0.25) is 17.8 Å². The summed E-state index contributed by atoms with van der Waals surface area (Å²) in [4.78, 5) is 46.1. The minimum atomic E-state index is 0.574. The van der Waals surface area contributed by atoms with Crippen molar-refractivity contribution in [1.29, 1.82) is 0 Å². The molecule has 9 heterocycles. The van der Waals surface area contributed by atoms with E-state index in [2.05, 4.69) is 305 Å². The quantitative estimate of drug-likeness (QED) is 0.135. The molecule has 1 aliphatic carbocycles. The van der Waals surface area contributed by atoms with Gasteiger partial charge in [0.05, 0.1) is 33.1 Å². The van der Waals surface area contributed by atoms with E-state index >= 15 is 0 Å². The van der Waals surface area contributed by atoms with Crippen LogP contribution in [-0.4, -0.2) is 58.6 Å². The van der Waals surface area contributed by atoms with Gasteiger partial charge >= 0.3 is 0 Å². The van der Waals surface area contributed by atoms with Gasteiger partial charge < -0.3 is 8.83 Å². The van der Waals surface area contributed by atoms with Gasteiger partial charge in [0.25, 0.3) is 0 Å². The maximum atomic E-state index is 6.82. The third-order valence-electron chi connectivity index (χ3n) is 29.9. The monoisotopic (exact) mass is 1850 g/mol. The smallest absolute Gasteiger partial charge is 0.238 e. The summed E-state index contributed by atoms with van der Waals surface area (Å²) in [7, 11) is 0. The van der Waals surface area contributed by atoms with Crippen LogP contribution in [0.15, 0.2) is 433 Å². The summed E-state index contributed by atoms with van der Waals surface area (Å²) in [5.41, 5.74) is 18.1. The van der Waals surface area contributed by atoms with Gasteiger partial charge in [0.1, 0.15) is 22.3 Å². The molecule has 1 aliphatic rings. The van der Waals surface area contributed by atoms with E-state index < -0.39 is 0 Å². The Balaban J connectivity index is 0.0000000967. The van der Waals surface area contributed by atoms with Crippen molar-refractivity contribution in [2.75, 3.05) is 0 Å². The highest BCUT2D eigenvalue weighted by Gasteiger charge is 2.33. The molecule has 0 fully saturated rings. The van der Waals surface area contributed by atoms with Gasteiger partial charge in [-0.1, -0.05) is 352 Å². The number of benzene rings is 21. The van der Waals surface area contributed by atoms with Gasteiger partial charge in [0, 0.05) is 118 Å². The van der Waals surface area contributed by atoms with E-state index in [0.717, 1.165) is 132 Å². The predicted octanol–water partition coefficient (Wildman–Crippen LogP) is 33.7. The first kappa shape index (κ1) is 78.7. The molecule has 14 nitrogen and oxygen atoms in total. The van der Waals surface area contributed by atoms with Crippen molar-refractivity contribution < 1.29 is 8.83 Å². The standard InChI is InChI=1S/C43H22N4O.C43H24N4O.C43H24N4S/c1-3-10-23(11-4-1)41-44-42(24-12-5-2-6-13-24)46-43(45-41)47-30-19-9-18-29-28-17-8-16-27-26-15-7-14-25-22-33-39(40(34(25)26)35(27)28)38-32(48-33)21-20-31(47)37(38)36(29)30;2*1-3-12-25(13-4-1)41-44-42(26-14-5-2-6-15-26)46-43(45-41)47-33-21-11-20-31-29-18-9-10-19-30(29)32-24-27-16-7-8-17-28(27)40-37(32)39-35(48-40)23-22-34(47)38(39)36(31)33/h1-22H;2*1-24H. The third-order valence-corrected chi connectivity index (χ3v) is 31.0. The molecule has 0 saturated heterocycles. The van der Waals surface area contributed by atoms with E-state index in [1.165, 1.54) is 139 Å². The van der Waals surface area contributed by atoms with Gasteiger partial charge in [-0.2, -0.15) is 29.9 Å². The Morgan fingerprint density at radius 2 is 0.486 bits per heavy atom. The molecule has 0 unspecified atom stereocenters. The fourth-order valence-corrected chi connectivity index (χ4v) is 25.2. The summed E-state index contributed by atoms with van der Waals surface area (Å²) in [6.45, 7) is 0. The van der Waals surface area contributed by atoms with E-state index in [9.17, 15) is 0 Å². The number of aromatic nitrogens is 12. The third kappa shape index (κ3) is 11.3. The van der Waals surface area contributed by atoms with Crippen LogP contribution in [0.4, 0.5) is 0 Å². The Bertz CT molecular complexity index is 10500. The van der Waals surface area contributed by atoms with Crippen LogP contribution in [0, 0.1) is 0 Å². The normalized spacial score (nSPS) is 12.3. The van der Waals surface area contributed by atoms with Crippen molar-refractivity contribution in [3.63, 3.8) is 0 Å². The Morgan fingerprint density at radius 3 is 0.938 bits per heavy atom. The fraction of sp³-hybridized carbons (Fsp3) is 0. The fourth-order valence-electron chi connectivity index (χ4n) is 23.9. The molecular formula is C129H70N12O2S. The highest BCUT2D eigenvalue weighted by Crippen LogP contribution is 2.57. The maximum Gasteiger partial charge on any atom is 0.238 e. The van der Waals surface area contributed by atoms with Crippen molar-refractivity contribution >= 4 is 238 Å². The number of hydrogen-bond acceptors (Lipinski definition) is 12. The van der Waals surface area contributed by atoms with Gasteiger partial charge in [-0.05, 0) is 170 Å². The summed E-state index contributed by atoms with van der Waals surface area (Å²) in [5.74, 6) is 5.59. The lowest BCUT2D eigenvalue weighted by atomic mass is 9.93. The van der Waals surface area contributed by atoms with Crippen molar-refractivity contribution in [2.24, 2.45) is 0 Å². The Morgan fingerprint density at radius 1 is 0.174 bits per heavy atom. The minimum absolute atomic E-state index is 0.574. The second-order valence-electron chi connectivity index (χ2n) is 37.5. The van der Waals surface area contributed by atoms with E-state index in [1.54, 1.807) is 0 Å². The molecule has 144 heavy (non-hydrogen) atoms. The van der Waals surface area contributed by atoms with Crippen LogP contribution in [0.2, 0.25) is 0 Å². The molecule has 0 saturated carbocycles. The lowest BCUT2D eigenvalue weighted by molar-refractivity contribution is 0.670. The molecular weight excluding hydrogens is 1780 g/mol. The topological polar surface area (TPSA) is 157 Å². The molecule has 0 atom stereocenters. The minimum Gasteiger partial charge on any atom is -0.456 e. The van der Waals surface area contributed by atoms with Crippen molar-refractivity contribution in [3.05, 3.63) is 425 Å². The summed E-state index contributed by atoms with van der Waals surface area (Å²) in [6, 6.07) is 149. The van der Waals surface area contributed by atoms with Crippen LogP contribution in [0.1, 0.15) is 0 Å². The summed E-state index contributed by atoms with van der Waals surface area (Å²) >= 11 is 1.90. The molecule has 0 N–H and O–H groups in total. The summed E-state index contributed by atoms with van der Waals surface area (Å²) < 4.78 is 22.9. The second kappa shape index (κ2) is 30.1. The van der Waals surface area contributed by atoms with Crippen LogP contribution in [-0.2, 0) is 0 Å². The first-order chi connectivity index (χ1) is 71.4. The molecule has 0 aliphatic heterocycles. The van der Waals surface area contributed by atoms with Crippen molar-refractivity contribution in [3.8, 4) is 97.3 Å². The van der Waals surface area contributed by atoms with Crippen molar-refractivity contribution in [1.82, 2.24) is 58.6 Å². The number of nitrogens with zero attached hydrogens (tertiary/aromatic N) is 12. The van der Waals surface area contributed by atoms with Gasteiger partial charge in [-0.15, -0.1) is 11.3 Å². The number of hydrogen-bond donors (Lipinski definition) is 0. The highest BCUT2D eigenvalue weighted by molar-refractivity contribution is 7.27. The van der Waals surface area contributed by atoms with Crippen LogP contribution >= 0.6 is 11.3 Å². The zero-order chi connectivity index (χ0) is 93.8. The average molecular weight is 1850 g/mol. The largest absolute Gasteiger partial charge is 0.456 e. The highest BCUT2D eigenvalue weighted by atomic mass is 32.1. The molecule has 0 bridgehead atoms. The summed E-state index contributed by atoms with van der Waals surface area (Å²) in [6.07, 6.45) is 0. The molecule has 34 rings (SSSR count). The zero-order valence-corrected chi connectivity index (χ0v) is 77.3. The average Bonchev–Trinajstić information content (AvgIpc) is 1.50. The first-order valence-corrected chi connectivity index (χ1v) is 49.3. The molecule has 24 aromatic carbocycles.